The molecule has 1 aliphatic rings. The van der Waals surface area contributed by atoms with Crippen molar-refractivity contribution in [3.63, 3.8) is 0 Å². The minimum Gasteiger partial charge on any atom is -0.371 e. The third-order valence-electron chi connectivity index (χ3n) is 3.67. The number of hydrogen-bond donors (Lipinski definition) is 1. The summed E-state index contributed by atoms with van der Waals surface area (Å²) in [6.45, 7) is 0.774. The molecule has 7 heteroatoms. The first kappa shape index (κ1) is 16.4. The van der Waals surface area contributed by atoms with Gasteiger partial charge in [-0.15, -0.1) is 10.2 Å². The molecular weight excluding hydrogens is 334 g/mol. The van der Waals surface area contributed by atoms with Gasteiger partial charge in [-0.3, -0.25) is 4.79 Å². The van der Waals surface area contributed by atoms with E-state index in [2.05, 4.69) is 15.5 Å². The van der Waals surface area contributed by atoms with E-state index in [9.17, 15) is 4.79 Å². The lowest BCUT2D eigenvalue weighted by atomic mass is 10.1. The molecule has 0 saturated carbocycles. The summed E-state index contributed by atoms with van der Waals surface area (Å²) in [5.41, 5.74) is 1.18. The van der Waals surface area contributed by atoms with Crippen molar-refractivity contribution in [2.45, 2.75) is 38.2 Å². The van der Waals surface area contributed by atoms with Crippen LogP contribution in [0, 0.1) is 0 Å². The Kier molecular flexibility index (Phi) is 5.59. The number of amides is 1. The van der Waals surface area contributed by atoms with E-state index in [0.29, 0.717) is 11.6 Å². The summed E-state index contributed by atoms with van der Waals surface area (Å²) in [7, 11) is 0. The highest BCUT2D eigenvalue weighted by Crippen LogP contribution is 2.31. The van der Waals surface area contributed by atoms with E-state index in [0.717, 1.165) is 42.3 Å². The van der Waals surface area contributed by atoms with Crippen molar-refractivity contribution in [3.8, 4) is 0 Å². The molecule has 1 aromatic carbocycles. The third-order valence-corrected chi connectivity index (χ3v) is 4.86. The Hall–Kier alpha value is -1.50. The van der Waals surface area contributed by atoms with E-state index in [4.69, 9.17) is 16.3 Å². The molecule has 5 nitrogen and oxygen atoms in total. The molecule has 1 aliphatic heterocycles. The minimum atomic E-state index is -0.0333. The zero-order valence-electron chi connectivity index (χ0n) is 12.6. The summed E-state index contributed by atoms with van der Waals surface area (Å²) < 4.78 is 5.57. The maximum atomic E-state index is 12.0. The number of aromatic nitrogens is 2. The number of benzene rings is 1. The molecule has 0 radical (unpaired) electrons. The molecule has 1 N–H and O–H groups in total. The fourth-order valence-corrected chi connectivity index (χ4v) is 3.44. The highest BCUT2D eigenvalue weighted by atomic mass is 35.5. The minimum absolute atomic E-state index is 0.0333. The quantitative estimate of drug-likeness (QED) is 0.854. The Morgan fingerprint density at radius 3 is 2.91 bits per heavy atom. The van der Waals surface area contributed by atoms with Crippen LogP contribution in [0.1, 0.15) is 42.4 Å². The van der Waals surface area contributed by atoms with Crippen molar-refractivity contribution in [3.05, 3.63) is 39.9 Å². The molecule has 122 valence electrons. The van der Waals surface area contributed by atoms with Gasteiger partial charge in [-0.2, -0.15) is 0 Å². The molecule has 23 heavy (non-hydrogen) atoms. The lowest BCUT2D eigenvalue weighted by Gasteiger charge is -2.03. The average Bonchev–Trinajstić information content (AvgIpc) is 3.20. The van der Waals surface area contributed by atoms with Crippen molar-refractivity contribution in [1.29, 1.82) is 0 Å². The number of aryl methyl sites for hydroxylation is 1. The Morgan fingerprint density at radius 2 is 2.17 bits per heavy atom. The van der Waals surface area contributed by atoms with Crippen molar-refractivity contribution in [2.75, 3.05) is 11.9 Å². The van der Waals surface area contributed by atoms with Crippen LogP contribution in [0.5, 0.6) is 0 Å². The lowest BCUT2D eigenvalue weighted by molar-refractivity contribution is -0.116. The molecular formula is C16H18ClN3O2S. The molecule has 0 aliphatic carbocycles. The average molecular weight is 352 g/mol. The first-order valence-electron chi connectivity index (χ1n) is 7.70. The van der Waals surface area contributed by atoms with Gasteiger partial charge in [0.15, 0.2) is 0 Å². The predicted octanol–water partition coefficient (Wildman–Crippen LogP) is 4.00. The van der Waals surface area contributed by atoms with Crippen LogP contribution < -0.4 is 5.32 Å². The Labute approximate surface area is 144 Å². The van der Waals surface area contributed by atoms with Gasteiger partial charge >= 0.3 is 0 Å². The van der Waals surface area contributed by atoms with E-state index >= 15 is 0 Å². The van der Waals surface area contributed by atoms with E-state index in [1.807, 2.05) is 24.3 Å². The van der Waals surface area contributed by atoms with Crippen molar-refractivity contribution >= 4 is 34.0 Å². The van der Waals surface area contributed by atoms with Gasteiger partial charge in [0, 0.05) is 18.1 Å². The molecule has 1 atom stereocenters. The molecule has 3 rings (SSSR count). The fraction of sp³-hybridized carbons (Fsp3) is 0.438. The number of nitrogens with one attached hydrogen (secondary N) is 1. The highest BCUT2D eigenvalue weighted by Gasteiger charge is 2.22. The largest absolute Gasteiger partial charge is 0.371 e. The zero-order valence-corrected chi connectivity index (χ0v) is 14.2. The first-order chi connectivity index (χ1) is 11.2. The van der Waals surface area contributed by atoms with E-state index in [1.165, 1.54) is 16.9 Å². The topological polar surface area (TPSA) is 64.1 Å². The number of carbonyl (C=O) groups is 1. The molecule has 0 bridgehead atoms. The molecule has 1 saturated heterocycles. The number of ether oxygens (including phenoxy) is 1. The molecule has 1 fully saturated rings. The van der Waals surface area contributed by atoms with Crippen LogP contribution >= 0.6 is 22.9 Å². The smallest absolute Gasteiger partial charge is 0.226 e. The number of carbonyl (C=O) groups excluding carboxylic acids is 1. The number of anilines is 1. The number of rotatable bonds is 6. The summed E-state index contributed by atoms with van der Waals surface area (Å²) in [4.78, 5) is 12.0. The molecule has 0 spiro atoms. The van der Waals surface area contributed by atoms with Gasteiger partial charge in [0.05, 0.1) is 0 Å². The van der Waals surface area contributed by atoms with Crippen LogP contribution in [-0.4, -0.2) is 22.7 Å². The van der Waals surface area contributed by atoms with Crippen LogP contribution in [0.3, 0.4) is 0 Å². The molecule has 1 amide bonds. The third kappa shape index (κ3) is 4.73. The Morgan fingerprint density at radius 1 is 1.35 bits per heavy atom. The zero-order chi connectivity index (χ0) is 16.1. The summed E-state index contributed by atoms with van der Waals surface area (Å²) in [5, 5.41) is 13.1. The summed E-state index contributed by atoms with van der Waals surface area (Å²) in [6, 6.07) is 7.70. The second-order valence-corrected chi connectivity index (χ2v) is 6.92. The van der Waals surface area contributed by atoms with Crippen molar-refractivity contribution < 1.29 is 9.53 Å². The van der Waals surface area contributed by atoms with Gasteiger partial charge in [0.25, 0.3) is 0 Å². The molecule has 1 aromatic heterocycles. The first-order valence-corrected chi connectivity index (χ1v) is 8.89. The molecule has 2 heterocycles. The molecule has 2 aromatic rings. The lowest BCUT2D eigenvalue weighted by Crippen LogP contribution is -2.11. The van der Waals surface area contributed by atoms with Gasteiger partial charge < -0.3 is 10.1 Å². The van der Waals surface area contributed by atoms with Crippen LogP contribution in [0.2, 0.25) is 5.02 Å². The van der Waals surface area contributed by atoms with Crippen LogP contribution in [0.15, 0.2) is 24.3 Å². The number of nitrogens with zero attached hydrogens (tertiary/aromatic N) is 2. The summed E-state index contributed by atoms with van der Waals surface area (Å²) in [6.07, 6.45) is 4.16. The van der Waals surface area contributed by atoms with E-state index < -0.39 is 0 Å². The Bertz CT molecular complexity index is 654. The number of hydrogen-bond acceptors (Lipinski definition) is 5. The van der Waals surface area contributed by atoms with Crippen LogP contribution in [0.4, 0.5) is 5.13 Å². The van der Waals surface area contributed by atoms with Gasteiger partial charge in [-0.1, -0.05) is 35.1 Å². The van der Waals surface area contributed by atoms with E-state index in [-0.39, 0.29) is 12.0 Å². The second-order valence-electron chi connectivity index (χ2n) is 5.48. The van der Waals surface area contributed by atoms with Crippen molar-refractivity contribution in [1.82, 2.24) is 10.2 Å². The summed E-state index contributed by atoms with van der Waals surface area (Å²) >= 11 is 7.25. The van der Waals surface area contributed by atoms with Crippen LogP contribution in [-0.2, 0) is 16.0 Å². The Balaban J connectivity index is 1.43. The summed E-state index contributed by atoms with van der Waals surface area (Å²) in [5.74, 6) is -0.0333. The van der Waals surface area contributed by atoms with Gasteiger partial charge in [-0.25, -0.2) is 0 Å². The molecule has 1 unspecified atom stereocenters. The van der Waals surface area contributed by atoms with Gasteiger partial charge in [0.1, 0.15) is 11.1 Å². The van der Waals surface area contributed by atoms with Crippen LogP contribution in [0.25, 0.3) is 0 Å². The standard InChI is InChI=1S/C16H18ClN3O2S/c17-12-8-6-11(7-9-12)3-1-5-14(21)18-16-20-19-15(23-16)13-4-2-10-22-13/h6-9,13H,1-5,10H2,(H,18,20,21). The van der Waals surface area contributed by atoms with Gasteiger partial charge in [-0.05, 0) is 43.4 Å². The second kappa shape index (κ2) is 7.86. The fourth-order valence-electron chi connectivity index (χ4n) is 2.47. The number of halogens is 1. The highest BCUT2D eigenvalue weighted by molar-refractivity contribution is 7.15. The monoisotopic (exact) mass is 351 g/mol. The van der Waals surface area contributed by atoms with Crippen molar-refractivity contribution in [2.24, 2.45) is 0 Å². The predicted molar refractivity (Wildman–Crippen MR) is 90.9 cm³/mol. The maximum Gasteiger partial charge on any atom is 0.226 e. The normalized spacial score (nSPS) is 17.3. The van der Waals surface area contributed by atoms with E-state index in [1.54, 1.807) is 0 Å². The van der Waals surface area contributed by atoms with Gasteiger partial charge in [0.2, 0.25) is 11.0 Å². The SMILES string of the molecule is O=C(CCCc1ccc(Cl)cc1)Nc1nnc(C2CCCO2)s1. The maximum absolute atomic E-state index is 12.0.